The molecule has 0 bridgehead atoms. The van der Waals surface area contributed by atoms with E-state index in [-0.39, 0.29) is 5.91 Å². The highest BCUT2D eigenvalue weighted by Gasteiger charge is 2.08. The Morgan fingerprint density at radius 3 is 2.53 bits per heavy atom. The second-order valence-electron chi connectivity index (χ2n) is 4.11. The highest BCUT2D eigenvalue weighted by Crippen LogP contribution is 2.16. The lowest BCUT2D eigenvalue weighted by molar-refractivity contribution is -0.105. The van der Waals surface area contributed by atoms with Crippen molar-refractivity contribution < 1.29 is 9.59 Å². The molecule has 2 amide bonds. The van der Waals surface area contributed by atoms with Gasteiger partial charge in [0.15, 0.2) is 0 Å². The van der Waals surface area contributed by atoms with Gasteiger partial charge in [0.2, 0.25) is 6.41 Å². The number of rotatable bonds is 4. The maximum absolute atomic E-state index is 12.1. The first kappa shape index (κ1) is 12.8. The normalized spacial score (nSPS) is 9.74. The van der Waals surface area contributed by atoms with Crippen molar-refractivity contribution in [3.8, 4) is 0 Å². The zero-order chi connectivity index (χ0) is 13.7. The quantitative estimate of drug-likeness (QED) is 0.824. The van der Waals surface area contributed by atoms with Crippen LogP contribution in [0.2, 0.25) is 0 Å². The summed E-state index contributed by atoms with van der Waals surface area (Å²) in [4.78, 5) is 22.5. The number of anilines is 2. The van der Waals surface area contributed by atoms with Crippen LogP contribution >= 0.6 is 0 Å². The summed E-state index contributed by atoms with van der Waals surface area (Å²) in [5, 5.41) is 5.34. The Morgan fingerprint density at radius 1 is 1.05 bits per heavy atom. The van der Waals surface area contributed by atoms with Crippen LogP contribution in [0.3, 0.4) is 0 Å². The van der Waals surface area contributed by atoms with E-state index in [1.807, 2.05) is 25.1 Å². The van der Waals surface area contributed by atoms with E-state index >= 15 is 0 Å². The minimum atomic E-state index is -0.165. The molecule has 0 atom stereocenters. The minimum absolute atomic E-state index is 0.165. The van der Waals surface area contributed by atoms with Gasteiger partial charge in [-0.1, -0.05) is 24.3 Å². The van der Waals surface area contributed by atoms with Crippen LogP contribution in [0.1, 0.15) is 15.9 Å². The molecule has 0 fully saturated rings. The highest BCUT2D eigenvalue weighted by molar-refractivity contribution is 6.05. The molecule has 0 saturated carbocycles. The number of nitrogens with one attached hydrogen (secondary N) is 2. The van der Waals surface area contributed by atoms with Gasteiger partial charge in [-0.05, 0) is 36.8 Å². The summed E-state index contributed by atoms with van der Waals surface area (Å²) in [6, 6.07) is 14.4. The molecule has 0 aliphatic heterocycles. The molecule has 0 aliphatic carbocycles. The van der Waals surface area contributed by atoms with Crippen molar-refractivity contribution in [2.75, 3.05) is 10.6 Å². The van der Waals surface area contributed by atoms with Crippen LogP contribution in [0, 0.1) is 6.92 Å². The lowest BCUT2D eigenvalue weighted by Crippen LogP contribution is -2.13. The Hall–Kier alpha value is -2.62. The van der Waals surface area contributed by atoms with Crippen molar-refractivity contribution >= 4 is 23.7 Å². The fourth-order valence-corrected chi connectivity index (χ4v) is 1.78. The monoisotopic (exact) mass is 254 g/mol. The van der Waals surface area contributed by atoms with Gasteiger partial charge < -0.3 is 10.6 Å². The van der Waals surface area contributed by atoms with Gasteiger partial charge in [0.25, 0.3) is 5.91 Å². The Labute approximate surface area is 111 Å². The van der Waals surface area contributed by atoms with Crippen molar-refractivity contribution in [3.63, 3.8) is 0 Å². The molecule has 2 N–H and O–H groups in total. The van der Waals surface area contributed by atoms with Crippen molar-refractivity contribution in [1.29, 1.82) is 0 Å². The second-order valence-corrected chi connectivity index (χ2v) is 4.11. The molecular weight excluding hydrogens is 240 g/mol. The van der Waals surface area contributed by atoms with Crippen LogP contribution < -0.4 is 10.6 Å². The molecule has 2 rings (SSSR count). The van der Waals surface area contributed by atoms with Crippen molar-refractivity contribution in [3.05, 3.63) is 59.7 Å². The maximum atomic E-state index is 12.1. The molecule has 0 saturated heterocycles. The smallest absolute Gasteiger partial charge is 0.255 e. The fraction of sp³-hybridized carbons (Fsp3) is 0.0667. The predicted octanol–water partition coefficient (Wildman–Crippen LogP) is 2.82. The van der Waals surface area contributed by atoms with E-state index in [9.17, 15) is 9.59 Å². The van der Waals surface area contributed by atoms with Gasteiger partial charge in [0, 0.05) is 16.9 Å². The largest absolute Gasteiger partial charge is 0.329 e. The molecule has 96 valence electrons. The van der Waals surface area contributed by atoms with Gasteiger partial charge >= 0.3 is 0 Å². The number of carbonyl (C=O) groups excluding carboxylic acids is 2. The lowest BCUT2D eigenvalue weighted by Gasteiger charge is -2.08. The van der Waals surface area contributed by atoms with Crippen LogP contribution in [0.5, 0.6) is 0 Å². The summed E-state index contributed by atoms with van der Waals surface area (Å²) in [5.41, 5.74) is 2.83. The van der Waals surface area contributed by atoms with Crippen molar-refractivity contribution in [2.45, 2.75) is 6.92 Å². The van der Waals surface area contributed by atoms with E-state index in [0.717, 1.165) is 5.56 Å². The Morgan fingerprint density at radius 2 is 1.79 bits per heavy atom. The first-order valence-electron chi connectivity index (χ1n) is 5.88. The molecule has 2 aromatic rings. The lowest BCUT2D eigenvalue weighted by atomic mass is 10.1. The maximum Gasteiger partial charge on any atom is 0.255 e. The fourth-order valence-electron chi connectivity index (χ4n) is 1.78. The third-order valence-electron chi connectivity index (χ3n) is 2.74. The number of hydrogen-bond acceptors (Lipinski definition) is 2. The SMILES string of the molecule is Cc1ccccc1C(=O)Nc1cccc(NC=O)c1. The van der Waals surface area contributed by atoms with E-state index in [4.69, 9.17) is 0 Å². The van der Waals surface area contributed by atoms with Gasteiger partial charge in [-0.2, -0.15) is 0 Å². The topological polar surface area (TPSA) is 58.2 Å². The number of aryl methyl sites for hydroxylation is 1. The van der Waals surface area contributed by atoms with E-state index in [2.05, 4.69) is 10.6 Å². The van der Waals surface area contributed by atoms with E-state index in [0.29, 0.717) is 23.3 Å². The van der Waals surface area contributed by atoms with E-state index < -0.39 is 0 Å². The van der Waals surface area contributed by atoms with Gasteiger partial charge in [-0.3, -0.25) is 9.59 Å². The van der Waals surface area contributed by atoms with Crippen LogP contribution in [0.15, 0.2) is 48.5 Å². The van der Waals surface area contributed by atoms with Gasteiger partial charge in [0.1, 0.15) is 0 Å². The average molecular weight is 254 g/mol. The summed E-state index contributed by atoms with van der Waals surface area (Å²) in [6.07, 6.45) is 0.599. The molecule has 2 aromatic carbocycles. The van der Waals surface area contributed by atoms with Gasteiger partial charge in [-0.15, -0.1) is 0 Å². The van der Waals surface area contributed by atoms with Gasteiger partial charge in [0.05, 0.1) is 0 Å². The Bertz CT molecular complexity index is 609. The van der Waals surface area contributed by atoms with Gasteiger partial charge in [-0.25, -0.2) is 0 Å². The van der Waals surface area contributed by atoms with Crippen molar-refractivity contribution in [2.24, 2.45) is 0 Å². The molecule has 0 aliphatic rings. The molecular formula is C15H14N2O2. The zero-order valence-corrected chi connectivity index (χ0v) is 10.5. The molecule has 4 nitrogen and oxygen atoms in total. The molecule has 0 radical (unpaired) electrons. The first-order chi connectivity index (χ1) is 9.20. The van der Waals surface area contributed by atoms with Crippen LogP contribution in [-0.4, -0.2) is 12.3 Å². The molecule has 4 heteroatoms. The molecule has 19 heavy (non-hydrogen) atoms. The third-order valence-corrected chi connectivity index (χ3v) is 2.74. The van der Waals surface area contributed by atoms with Crippen LogP contribution in [0.25, 0.3) is 0 Å². The Kier molecular flexibility index (Phi) is 3.93. The first-order valence-corrected chi connectivity index (χ1v) is 5.88. The molecule has 0 aromatic heterocycles. The summed E-state index contributed by atoms with van der Waals surface area (Å²) in [6.45, 7) is 1.89. The highest BCUT2D eigenvalue weighted by atomic mass is 16.1. The van der Waals surface area contributed by atoms with Crippen LogP contribution in [-0.2, 0) is 4.79 Å². The van der Waals surface area contributed by atoms with E-state index in [1.54, 1.807) is 30.3 Å². The number of amides is 2. The molecule has 0 unspecified atom stereocenters. The summed E-state index contributed by atoms with van der Waals surface area (Å²) in [7, 11) is 0. The molecule has 0 heterocycles. The molecule has 0 spiro atoms. The minimum Gasteiger partial charge on any atom is -0.329 e. The number of carbonyl (C=O) groups is 2. The Balaban J connectivity index is 2.17. The van der Waals surface area contributed by atoms with Crippen molar-refractivity contribution in [1.82, 2.24) is 0 Å². The average Bonchev–Trinajstić information content (AvgIpc) is 2.40. The summed E-state index contributed by atoms with van der Waals surface area (Å²) >= 11 is 0. The summed E-state index contributed by atoms with van der Waals surface area (Å²) in [5.74, 6) is -0.165. The van der Waals surface area contributed by atoms with Crippen LogP contribution in [0.4, 0.5) is 11.4 Å². The standard InChI is InChI=1S/C15H14N2O2/c1-11-5-2-3-8-14(11)15(19)17-13-7-4-6-12(9-13)16-10-18/h2-10H,1H3,(H,16,18)(H,17,19). The number of benzene rings is 2. The predicted molar refractivity (Wildman–Crippen MR) is 75.3 cm³/mol. The number of hydrogen-bond donors (Lipinski definition) is 2. The zero-order valence-electron chi connectivity index (χ0n) is 10.5. The summed E-state index contributed by atoms with van der Waals surface area (Å²) < 4.78 is 0. The van der Waals surface area contributed by atoms with E-state index in [1.165, 1.54) is 0 Å². The second kappa shape index (κ2) is 5.82. The third kappa shape index (κ3) is 3.19.